The summed E-state index contributed by atoms with van der Waals surface area (Å²) in [4.78, 5) is 6.72. The number of likely N-dealkylation sites (tertiary alicyclic amines) is 1. The van der Waals surface area contributed by atoms with E-state index in [1.807, 2.05) is 13.1 Å². The molecule has 0 aromatic carbocycles. The molecule has 1 N–H and O–H groups in total. The van der Waals surface area contributed by atoms with Crippen molar-refractivity contribution < 1.29 is 0 Å². The summed E-state index contributed by atoms with van der Waals surface area (Å²) in [5, 5.41) is 3.55. The molecule has 2 heterocycles. The van der Waals surface area contributed by atoms with Crippen molar-refractivity contribution in [2.75, 3.05) is 26.7 Å². The molecule has 1 aromatic rings. The van der Waals surface area contributed by atoms with Gasteiger partial charge in [0.1, 0.15) is 0 Å². The molecular weight excluding hydrogens is 210 g/mol. The van der Waals surface area contributed by atoms with Crippen molar-refractivity contribution >= 4 is 0 Å². The van der Waals surface area contributed by atoms with E-state index >= 15 is 0 Å². The van der Waals surface area contributed by atoms with Crippen LogP contribution >= 0.6 is 0 Å². The lowest BCUT2D eigenvalue weighted by atomic mass is 9.97. The topological polar surface area (TPSA) is 28.2 Å². The van der Waals surface area contributed by atoms with Crippen LogP contribution in [0, 0.1) is 12.8 Å². The number of rotatable bonds is 4. The van der Waals surface area contributed by atoms with Crippen LogP contribution in [0.4, 0.5) is 0 Å². The Morgan fingerprint density at radius 1 is 1.35 bits per heavy atom. The van der Waals surface area contributed by atoms with Crippen molar-refractivity contribution in [2.45, 2.75) is 26.3 Å². The van der Waals surface area contributed by atoms with Gasteiger partial charge >= 0.3 is 0 Å². The summed E-state index contributed by atoms with van der Waals surface area (Å²) >= 11 is 0. The fourth-order valence-corrected chi connectivity index (χ4v) is 2.29. The van der Waals surface area contributed by atoms with Gasteiger partial charge in [0.25, 0.3) is 0 Å². The predicted molar refractivity (Wildman–Crippen MR) is 70.9 cm³/mol. The Balaban J connectivity index is 1.67. The highest BCUT2D eigenvalue weighted by Gasteiger charge is 2.15. The average molecular weight is 233 g/mol. The standard InChI is InChI=1S/C14H23N3/c1-12-3-4-14(11-16-12)10-15-9-13-5-7-17(2)8-6-13/h3-4,11,13,15H,5-10H2,1-2H3. The number of nitrogens with zero attached hydrogens (tertiary/aromatic N) is 2. The maximum Gasteiger partial charge on any atom is 0.0372 e. The van der Waals surface area contributed by atoms with E-state index in [0.717, 1.165) is 24.7 Å². The van der Waals surface area contributed by atoms with Crippen LogP contribution in [0.15, 0.2) is 18.3 Å². The summed E-state index contributed by atoms with van der Waals surface area (Å²) in [6.07, 6.45) is 4.63. The lowest BCUT2D eigenvalue weighted by Gasteiger charge is -2.29. The molecule has 0 unspecified atom stereocenters. The number of nitrogens with one attached hydrogen (secondary N) is 1. The van der Waals surface area contributed by atoms with E-state index in [1.165, 1.54) is 31.5 Å². The summed E-state index contributed by atoms with van der Waals surface area (Å²) in [5.41, 5.74) is 2.37. The normalized spacial score (nSPS) is 18.5. The predicted octanol–water partition coefficient (Wildman–Crippen LogP) is 1.82. The summed E-state index contributed by atoms with van der Waals surface area (Å²) < 4.78 is 0. The number of hydrogen-bond acceptors (Lipinski definition) is 3. The molecule has 0 amide bonds. The Bertz CT molecular complexity index is 326. The molecule has 3 nitrogen and oxygen atoms in total. The first kappa shape index (κ1) is 12.5. The van der Waals surface area contributed by atoms with Crippen LogP contribution < -0.4 is 5.32 Å². The van der Waals surface area contributed by atoms with Crippen LogP contribution in [0.3, 0.4) is 0 Å². The molecule has 94 valence electrons. The largest absolute Gasteiger partial charge is 0.312 e. The van der Waals surface area contributed by atoms with Crippen molar-refractivity contribution in [3.63, 3.8) is 0 Å². The maximum absolute atomic E-state index is 4.31. The van der Waals surface area contributed by atoms with E-state index in [4.69, 9.17) is 0 Å². The van der Waals surface area contributed by atoms with Gasteiger partial charge in [-0.15, -0.1) is 0 Å². The van der Waals surface area contributed by atoms with E-state index in [9.17, 15) is 0 Å². The molecule has 1 fully saturated rings. The van der Waals surface area contributed by atoms with Gasteiger partial charge in [0.2, 0.25) is 0 Å². The van der Waals surface area contributed by atoms with Crippen LogP contribution in [0.2, 0.25) is 0 Å². The Kier molecular flexibility index (Phi) is 4.51. The SMILES string of the molecule is Cc1ccc(CNCC2CCN(C)CC2)cn1. The molecule has 0 atom stereocenters. The second kappa shape index (κ2) is 6.12. The Labute approximate surface area is 104 Å². The molecule has 1 saturated heterocycles. The Hall–Kier alpha value is -0.930. The molecule has 17 heavy (non-hydrogen) atoms. The van der Waals surface area contributed by atoms with Gasteiger partial charge in [-0.1, -0.05) is 6.07 Å². The van der Waals surface area contributed by atoms with Gasteiger partial charge in [0.15, 0.2) is 0 Å². The van der Waals surface area contributed by atoms with E-state index in [-0.39, 0.29) is 0 Å². The molecule has 2 rings (SSSR count). The van der Waals surface area contributed by atoms with Crippen LogP contribution in [0.25, 0.3) is 0 Å². The number of aromatic nitrogens is 1. The monoisotopic (exact) mass is 233 g/mol. The van der Waals surface area contributed by atoms with Crippen molar-refractivity contribution in [2.24, 2.45) is 5.92 Å². The quantitative estimate of drug-likeness (QED) is 0.860. The minimum Gasteiger partial charge on any atom is -0.312 e. The molecular formula is C14H23N3. The Morgan fingerprint density at radius 2 is 2.12 bits per heavy atom. The van der Waals surface area contributed by atoms with Crippen molar-refractivity contribution in [1.29, 1.82) is 0 Å². The lowest BCUT2D eigenvalue weighted by molar-refractivity contribution is 0.216. The number of pyridine rings is 1. The summed E-state index contributed by atoms with van der Waals surface area (Å²) in [7, 11) is 2.21. The number of hydrogen-bond donors (Lipinski definition) is 1. The van der Waals surface area contributed by atoms with Crippen LogP contribution in [-0.2, 0) is 6.54 Å². The highest BCUT2D eigenvalue weighted by Crippen LogP contribution is 2.14. The van der Waals surface area contributed by atoms with Gasteiger partial charge in [0.05, 0.1) is 0 Å². The van der Waals surface area contributed by atoms with Gasteiger partial charge < -0.3 is 10.2 Å². The van der Waals surface area contributed by atoms with Gasteiger partial charge in [-0.3, -0.25) is 4.98 Å². The summed E-state index contributed by atoms with van der Waals surface area (Å²) in [6.45, 7) is 6.61. The third-order valence-electron chi connectivity index (χ3n) is 3.57. The van der Waals surface area contributed by atoms with Crippen molar-refractivity contribution in [1.82, 2.24) is 15.2 Å². The number of piperidine rings is 1. The zero-order valence-electron chi connectivity index (χ0n) is 10.9. The summed E-state index contributed by atoms with van der Waals surface area (Å²) in [5.74, 6) is 0.851. The third-order valence-corrected chi connectivity index (χ3v) is 3.57. The molecule has 0 radical (unpaired) electrons. The molecule has 1 aromatic heterocycles. The third kappa shape index (κ3) is 4.10. The molecule has 3 heteroatoms. The van der Waals surface area contributed by atoms with Gasteiger partial charge in [-0.25, -0.2) is 0 Å². The number of aryl methyl sites for hydroxylation is 1. The zero-order chi connectivity index (χ0) is 12.1. The van der Waals surface area contributed by atoms with Gasteiger partial charge in [0, 0.05) is 18.4 Å². The summed E-state index contributed by atoms with van der Waals surface area (Å²) in [6, 6.07) is 4.23. The molecule has 0 spiro atoms. The van der Waals surface area contributed by atoms with E-state index < -0.39 is 0 Å². The average Bonchev–Trinajstić information content (AvgIpc) is 2.34. The van der Waals surface area contributed by atoms with Crippen LogP contribution in [0.1, 0.15) is 24.1 Å². The zero-order valence-corrected chi connectivity index (χ0v) is 10.9. The lowest BCUT2D eigenvalue weighted by Crippen LogP contribution is -2.34. The highest BCUT2D eigenvalue weighted by molar-refractivity contribution is 5.12. The molecule has 0 aliphatic carbocycles. The fraction of sp³-hybridized carbons (Fsp3) is 0.643. The highest BCUT2D eigenvalue weighted by atomic mass is 15.1. The first-order valence-corrected chi connectivity index (χ1v) is 6.55. The van der Waals surface area contributed by atoms with Gasteiger partial charge in [-0.2, -0.15) is 0 Å². The van der Waals surface area contributed by atoms with Crippen LogP contribution in [-0.4, -0.2) is 36.6 Å². The van der Waals surface area contributed by atoms with E-state index in [0.29, 0.717) is 0 Å². The Morgan fingerprint density at radius 3 is 2.76 bits per heavy atom. The van der Waals surface area contributed by atoms with Crippen LogP contribution in [0.5, 0.6) is 0 Å². The smallest absolute Gasteiger partial charge is 0.0372 e. The van der Waals surface area contributed by atoms with Crippen molar-refractivity contribution in [3.05, 3.63) is 29.6 Å². The van der Waals surface area contributed by atoms with E-state index in [2.05, 4.69) is 34.4 Å². The molecule has 0 saturated carbocycles. The molecule has 1 aliphatic heterocycles. The molecule has 0 bridgehead atoms. The molecule has 1 aliphatic rings. The minimum atomic E-state index is 0.851. The second-order valence-corrected chi connectivity index (χ2v) is 5.19. The van der Waals surface area contributed by atoms with Gasteiger partial charge in [-0.05, 0) is 64.0 Å². The van der Waals surface area contributed by atoms with Crippen molar-refractivity contribution in [3.8, 4) is 0 Å². The minimum absolute atomic E-state index is 0.851. The fourth-order valence-electron chi connectivity index (χ4n) is 2.29. The first-order valence-electron chi connectivity index (χ1n) is 6.55. The second-order valence-electron chi connectivity index (χ2n) is 5.19. The van der Waals surface area contributed by atoms with E-state index in [1.54, 1.807) is 0 Å². The maximum atomic E-state index is 4.31. The first-order chi connectivity index (χ1) is 8.24.